The molecular formula is C21H18BrF3N2O3. The van der Waals surface area contributed by atoms with E-state index in [1.807, 2.05) is 0 Å². The summed E-state index contributed by atoms with van der Waals surface area (Å²) >= 11 is 2.96. The summed E-state index contributed by atoms with van der Waals surface area (Å²) in [6, 6.07) is 4.71. The van der Waals surface area contributed by atoms with Gasteiger partial charge >= 0.3 is 5.97 Å². The molecule has 1 aromatic heterocycles. The molecule has 2 heterocycles. The summed E-state index contributed by atoms with van der Waals surface area (Å²) in [4.78, 5) is 16.5. The second-order valence-corrected chi connectivity index (χ2v) is 7.86. The maximum absolute atomic E-state index is 14.8. The Morgan fingerprint density at radius 2 is 2.00 bits per heavy atom. The maximum atomic E-state index is 14.8. The van der Waals surface area contributed by atoms with Crippen LogP contribution in [0, 0.1) is 17.5 Å². The first kappa shape index (κ1) is 20.9. The van der Waals surface area contributed by atoms with Gasteiger partial charge in [0.2, 0.25) is 0 Å². The number of ether oxygens (including phenoxy) is 2. The average molecular weight is 483 g/mol. The standard InChI is InChI=1S/C21H18BrF3N2O3/c1-2-29-21(28)12-6-17(25)20-18(7-12)27(10-13-3-4-30-13)19(26-20)8-11-5-16(24)14(22)9-15(11)23/h5-7,9,13H,2-4,8,10H2,1H3/t13-/m0/s1. The van der Waals surface area contributed by atoms with E-state index in [2.05, 4.69) is 20.9 Å². The van der Waals surface area contributed by atoms with E-state index >= 15 is 0 Å². The van der Waals surface area contributed by atoms with Crippen LogP contribution in [0.25, 0.3) is 11.0 Å². The lowest BCUT2D eigenvalue weighted by Crippen LogP contribution is -2.31. The van der Waals surface area contributed by atoms with E-state index in [1.165, 1.54) is 6.07 Å². The molecule has 0 bridgehead atoms. The molecule has 0 amide bonds. The summed E-state index contributed by atoms with van der Waals surface area (Å²) in [5.41, 5.74) is 0.578. The Hall–Kier alpha value is -2.39. The monoisotopic (exact) mass is 482 g/mol. The minimum Gasteiger partial charge on any atom is -0.462 e. The molecule has 0 saturated carbocycles. The molecule has 1 aliphatic heterocycles. The molecule has 0 radical (unpaired) electrons. The number of hydrogen-bond donors (Lipinski definition) is 0. The molecule has 0 N–H and O–H groups in total. The fraction of sp³-hybridized carbons (Fsp3) is 0.333. The SMILES string of the molecule is CCOC(=O)c1cc(F)c2nc(Cc3cc(F)c(Br)cc3F)n(C[C@@H]3CCO3)c2c1. The fourth-order valence-electron chi connectivity index (χ4n) is 3.40. The Labute approximate surface area is 178 Å². The van der Waals surface area contributed by atoms with Crippen LogP contribution in [0.1, 0.15) is 35.1 Å². The third-order valence-electron chi connectivity index (χ3n) is 5.02. The van der Waals surface area contributed by atoms with E-state index in [1.54, 1.807) is 11.5 Å². The number of carbonyl (C=O) groups is 1. The average Bonchev–Trinajstić information content (AvgIpc) is 3.00. The molecule has 1 fully saturated rings. The quantitative estimate of drug-likeness (QED) is 0.375. The molecule has 5 nitrogen and oxygen atoms in total. The van der Waals surface area contributed by atoms with Crippen molar-refractivity contribution in [2.75, 3.05) is 13.2 Å². The number of fused-ring (bicyclic) bond motifs is 1. The van der Waals surface area contributed by atoms with Gasteiger partial charge in [-0.15, -0.1) is 0 Å². The van der Waals surface area contributed by atoms with Crippen molar-refractivity contribution in [3.8, 4) is 0 Å². The second-order valence-electron chi connectivity index (χ2n) is 7.00. The topological polar surface area (TPSA) is 53.3 Å². The van der Waals surface area contributed by atoms with Crippen molar-refractivity contribution in [2.24, 2.45) is 0 Å². The third kappa shape index (κ3) is 3.96. The number of esters is 1. The van der Waals surface area contributed by atoms with E-state index in [0.717, 1.165) is 24.6 Å². The zero-order valence-corrected chi connectivity index (χ0v) is 17.6. The molecule has 0 spiro atoms. The molecule has 0 unspecified atom stereocenters. The van der Waals surface area contributed by atoms with Crippen molar-refractivity contribution in [1.82, 2.24) is 9.55 Å². The van der Waals surface area contributed by atoms with Gasteiger partial charge in [0.1, 0.15) is 23.0 Å². The minimum absolute atomic E-state index is 0.0187. The highest BCUT2D eigenvalue weighted by Crippen LogP contribution is 2.28. The second kappa shape index (κ2) is 8.39. The van der Waals surface area contributed by atoms with E-state index in [4.69, 9.17) is 9.47 Å². The van der Waals surface area contributed by atoms with Gasteiger partial charge in [0.05, 0.1) is 34.8 Å². The van der Waals surface area contributed by atoms with Crippen molar-refractivity contribution in [3.05, 3.63) is 63.1 Å². The lowest BCUT2D eigenvalue weighted by molar-refractivity contribution is -0.0589. The molecule has 9 heteroatoms. The van der Waals surface area contributed by atoms with Crippen LogP contribution in [-0.4, -0.2) is 34.8 Å². The Balaban J connectivity index is 1.81. The van der Waals surface area contributed by atoms with E-state index in [0.29, 0.717) is 24.5 Å². The first-order valence-electron chi connectivity index (χ1n) is 9.48. The number of benzene rings is 2. The number of rotatable bonds is 6. The van der Waals surface area contributed by atoms with Crippen molar-refractivity contribution in [1.29, 1.82) is 0 Å². The third-order valence-corrected chi connectivity index (χ3v) is 5.62. The molecular weight excluding hydrogens is 465 g/mol. The lowest BCUT2D eigenvalue weighted by atomic mass is 10.1. The predicted molar refractivity (Wildman–Crippen MR) is 107 cm³/mol. The highest BCUT2D eigenvalue weighted by atomic mass is 79.9. The van der Waals surface area contributed by atoms with Gasteiger partial charge in [-0.3, -0.25) is 0 Å². The summed E-state index contributed by atoms with van der Waals surface area (Å²) < 4.78 is 55.3. The maximum Gasteiger partial charge on any atom is 0.338 e. The van der Waals surface area contributed by atoms with Crippen molar-refractivity contribution < 1.29 is 27.4 Å². The van der Waals surface area contributed by atoms with Gasteiger partial charge in [-0.25, -0.2) is 22.9 Å². The Morgan fingerprint density at radius 3 is 2.67 bits per heavy atom. The van der Waals surface area contributed by atoms with Crippen molar-refractivity contribution >= 4 is 32.9 Å². The predicted octanol–water partition coefficient (Wildman–Crippen LogP) is 4.77. The summed E-state index contributed by atoms with van der Waals surface area (Å²) in [6.45, 7) is 2.81. The molecule has 1 atom stereocenters. The van der Waals surface area contributed by atoms with Crippen LogP contribution in [0.3, 0.4) is 0 Å². The highest BCUT2D eigenvalue weighted by molar-refractivity contribution is 9.10. The smallest absolute Gasteiger partial charge is 0.338 e. The van der Waals surface area contributed by atoms with Crippen LogP contribution >= 0.6 is 15.9 Å². The summed E-state index contributed by atoms with van der Waals surface area (Å²) in [5.74, 6) is -2.19. The fourth-order valence-corrected chi connectivity index (χ4v) is 3.72. The Morgan fingerprint density at radius 1 is 1.23 bits per heavy atom. The molecule has 1 aliphatic rings. The van der Waals surface area contributed by atoms with Gasteiger partial charge in [0.25, 0.3) is 0 Å². The number of carbonyl (C=O) groups excluding carboxylic acids is 1. The van der Waals surface area contributed by atoms with E-state index < -0.39 is 23.4 Å². The normalized spacial score (nSPS) is 16.0. The van der Waals surface area contributed by atoms with Gasteiger partial charge in [-0.05, 0) is 59.1 Å². The first-order chi connectivity index (χ1) is 14.4. The lowest BCUT2D eigenvalue weighted by Gasteiger charge is -2.27. The van der Waals surface area contributed by atoms with Crippen LogP contribution in [0.4, 0.5) is 13.2 Å². The highest BCUT2D eigenvalue weighted by Gasteiger charge is 2.25. The Bertz CT molecular complexity index is 1130. The van der Waals surface area contributed by atoms with Gasteiger partial charge in [0.15, 0.2) is 5.82 Å². The number of hydrogen-bond acceptors (Lipinski definition) is 4. The van der Waals surface area contributed by atoms with Crippen molar-refractivity contribution in [2.45, 2.75) is 32.4 Å². The van der Waals surface area contributed by atoms with Gasteiger partial charge < -0.3 is 14.0 Å². The summed E-state index contributed by atoms with van der Waals surface area (Å²) in [5, 5.41) is 0. The van der Waals surface area contributed by atoms with E-state index in [9.17, 15) is 18.0 Å². The molecule has 2 aromatic carbocycles. The number of aromatic nitrogens is 2. The minimum atomic E-state index is -0.687. The van der Waals surface area contributed by atoms with E-state index in [-0.39, 0.29) is 40.2 Å². The van der Waals surface area contributed by atoms with Gasteiger partial charge in [-0.2, -0.15) is 0 Å². The van der Waals surface area contributed by atoms with Crippen molar-refractivity contribution in [3.63, 3.8) is 0 Å². The largest absolute Gasteiger partial charge is 0.462 e. The van der Waals surface area contributed by atoms with Crippen LogP contribution in [0.5, 0.6) is 0 Å². The van der Waals surface area contributed by atoms with Crippen LogP contribution in [0.15, 0.2) is 28.7 Å². The molecule has 1 saturated heterocycles. The van der Waals surface area contributed by atoms with Crippen LogP contribution in [-0.2, 0) is 22.4 Å². The van der Waals surface area contributed by atoms with Gasteiger partial charge in [0, 0.05) is 13.0 Å². The zero-order valence-electron chi connectivity index (χ0n) is 16.1. The summed E-state index contributed by atoms with van der Waals surface area (Å²) in [7, 11) is 0. The molecule has 158 valence electrons. The zero-order chi connectivity index (χ0) is 21.4. The Kier molecular flexibility index (Phi) is 5.84. The summed E-state index contributed by atoms with van der Waals surface area (Å²) in [6.07, 6.45) is 0.674. The van der Waals surface area contributed by atoms with Crippen LogP contribution < -0.4 is 0 Å². The first-order valence-corrected chi connectivity index (χ1v) is 10.3. The number of halogens is 4. The van der Waals surface area contributed by atoms with Crippen LogP contribution in [0.2, 0.25) is 0 Å². The molecule has 4 rings (SSSR count). The number of imidazole rings is 1. The molecule has 3 aromatic rings. The molecule has 0 aliphatic carbocycles. The number of nitrogens with zero attached hydrogens (tertiary/aromatic N) is 2. The molecule has 30 heavy (non-hydrogen) atoms. The van der Waals surface area contributed by atoms with Gasteiger partial charge in [-0.1, -0.05) is 0 Å².